The lowest BCUT2D eigenvalue weighted by molar-refractivity contribution is -0.135. The predicted molar refractivity (Wildman–Crippen MR) is 55.8 cm³/mol. The zero-order valence-electron chi connectivity index (χ0n) is 8.91. The molecule has 0 spiro atoms. The van der Waals surface area contributed by atoms with Crippen LogP contribution in [0.2, 0.25) is 0 Å². The van der Waals surface area contributed by atoms with Crippen LogP contribution in [0.5, 0.6) is 0 Å². The molecule has 0 aromatic rings. The van der Waals surface area contributed by atoms with Crippen molar-refractivity contribution in [2.75, 3.05) is 0 Å². The van der Waals surface area contributed by atoms with Gasteiger partial charge in [0.25, 0.3) is 0 Å². The fourth-order valence-corrected chi connectivity index (χ4v) is 2.97. The Morgan fingerprint density at radius 1 is 1.36 bits per heavy atom. The Bertz CT molecular complexity index is 215. The summed E-state index contributed by atoms with van der Waals surface area (Å²) in [6, 6.07) is 1.25. The quantitative estimate of drug-likeness (QED) is 0.723. The predicted octanol–water partition coefficient (Wildman–Crippen LogP) is 1.27. The van der Waals surface area contributed by atoms with Crippen molar-refractivity contribution in [1.29, 1.82) is 0 Å². The molecule has 3 nitrogen and oxygen atoms in total. The summed E-state index contributed by atoms with van der Waals surface area (Å²) in [6.07, 6.45) is 6.06. The fraction of sp³-hybridized carbons (Fsp3) is 0.909. The van der Waals surface area contributed by atoms with E-state index in [1.54, 1.807) is 0 Å². The maximum absolute atomic E-state index is 11.9. The van der Waals surface area contributed by atoms with E-state index in [0.29, 0.717) is 30.5 Å². The van der Waals surface area contributed by atoms with Crippen LogP contribution >= 0.6 is 0 Å². The maximum atomic E-state index is 11.9. The second-order valence-electron chi connectivity index (χ2n) is 4.67. The highest BCUT2D eigenvalue weighted by Crippen LogP contribution is 2.35. The zero-order valence-corrected chi connectivity index (χ0v) is 8.91. The van der Waals surface area contributed by atoms with Crippen LogP contribution in [0.1, 0.15) is 45.4 Å². The van der Waals surface area contributed by atoms with Gasteiger partial charge in [-0.2, -0.15) is 0 Å². The van der Waals surface area contributed by atoms with E-state index in [9.17, 15) is 4.79 Å². The van der Waals surface area contributed by atoms with Gasteiger partial charge < -0.3 is 10.6 Å². The maximum Gasteiger partial charge on any atom is 0.223 e. The van der Waals surface area contributed by atoms with Crippen LogP contribution in [0.25, 0.3) is 0 Å². The summed E-state index contributed by atoms with van der Waals surface area (Å²) >= 11 is 0. The van der Waals surface area contributed by atoms with Gasteiger partial charge in [0.05, 0.1) is 0 Å². The van der Waals surface area contributed by atoms with E-state index in [4.69, 9.17) is 5.73 Å². The number of nitrogens with two attached hydrogens (primary N) is 1. The molecule has 2 fully saturated rings. The van der Waals surface area contributed by atoms with Gasteiger partial charge in [-0.1, -0.05) is 6.92 Å². The second-order valence-corrected chi connectivity index (χ2v) is 4.67. The molecule has 1 unspecified atom stereocenters. The van der Waals surface area contributed by atoms with E-state index in [1.165, 1.54) is 12.8 Å². The molecule has 2 saturated heterocycles. The molecule has 3 atom stereocenters. The number of hydrogen-bond donors (Lipinski definition) is 1. The minimum absolute atomic E-state index is 0.332. The third kappa shape index (κ3) is 1.65. The number of rotatable bonds is 2. The Kier molecular flexibility index (Phi) is 2.77. The second kappa shape index (κ2) is 3.89. The van der Waals surface area contributed by atoms with Crippen LogP contribution in [0.3, 0.4) is 0 Å². The lowest BCUT2D eigenvalue weighted by Crippen LogP contribution is -2.50. The van der Waals surface area contributed by atoms with E-state index in [1.807, 2.05) is 0 Å². The van der Waals surface area contributed by atoms with Gasteiger partial charge in [-0.3, -0.25) is 4.79 Å². The summed E-state index contributed by atoms with van der Waals surface area (Å²) in [4.78, 5) is 14.0. The van der Waals surface area contributed by atoms with Gasteiger partial charge >= 0.3 is 0 Å². The molecule has 0 aliphatic carbocycles. The number of carbonyl (C=O) groups excluding carboxylic acids is 1. The van der Waals surface area contributed by atoms with E-state index in [0.717, 1.165) is 19.3 Å². The molecule has 0 aromatic heterocycles. The molecule has 1 amide bonds. The minimum atomic E-state index is 0.332. The first-order valence-electron chi connectivity index (χ1n) is 5.79. The third-order valence-electron chi connectivity index (χ3n) is 3.52. The molecule has 2 rings (SSSR count). The molecule has 0 aromatic carbocycles. The normalized spacial score (nSPS) is 36.1. The molecule has 2 aliphatic rings. The monoisotopic (exact) mass is 196 g/mol. The standard InChI is InChI=1S/C11H20N2O/c1-2-3-11(14)13-9-4-5-10(13)7-8(12)6-9/h8-10H,2-7,12H2,1H3/t8?,9-,10+. The first-order chi connectivity index (χ1) is 6.72. The van der Waals surface area contributed by atoms with Gasteiger partial charge in [0.2, 0.25) is 5.91 Å². The van der Waals surface area contributed by atoms with Crippen LogP contribution in [0.15, 0.2) is 0 Å². The number of piperidine rings is 1. The highest BCUT2D eigenvalue weighted by molar-refractivity contribution is 5.77. The Morgan fingerprint density at radius 3 is 2.43 bits per heavy atom. The molecular formula is C11H20N2O. The van der Waals surface area contributed by atoms with Gasteiger partial charge in [-0.05, 0) is 32.1 Å². The van der Waals surface area contributed by atoms with Crippen molar-refractivity contribution in [2.24, 2.45) is 5.73 Å². The largest absolute Gasteiger partial charge is 0.337 e. The van der Waals surface area contributed by atoms with Crippen molar-refractivity contribution in [1.82, 2.24) is 4.90 Å². The molecule has 80 valence electrons. The SMILES string of the molecule is CCCC(=O)N1[C@@H]2CC[C@H]1CC(N)C2. The van der Waals surface area contributed by atoms with Crippen LogP contribution in [-0.4, -0.2) is 28.9 Å². The van der Waals surface area contributed by atoms with Crippen LogP contribution < -0.4 is 5.73 Å². The highest BCUT2D eigenvalue weighted by atomic mass is 16.2. The smallest absolute Gasteiger partial charge is 0.223 e. The number of hydrogen-bond acceptors (Lipinski definition) is 2. The lowest BCUT2D eigenvalue weighted by atomic mass is 9.97. The van der Waals surface area contributed by atoms with Crippen molar-refractivity contribution in [3.05, 3.63) is 0 Å². The molecule has 2 bridgehead atoms. The molecule has 0 saturated carbocycles. The molecule has 2 heterocycles. The highest BCUT2D eigenvalue weighted by Gasteiger charge is 2.41. The molecule has 3 heteroatoms. The summed E-state index contributed by atoms with van der Waals surface area (Å²) in [5.74, 6) is 0.354. The van der Waals surface area contributed by atoms with Crippen molar-refractivity contribution in [2.45, 2.75) is 63.6 Å². The number of fused-ring (bicyclic) bond motifs is 2. The minimum Gasteiger partial charge on any atom is -0.337 e. The van der Waals surface area contributed by atoms with Gasteiger partial charge in [-0.25, -0.2) is 0 Å². The summed E-state index contributed by atoms with van der Waals surface area (Å²) in [5, 5.41) is 0. The van der Waals surface area contributed by atoms with E-state index < -0.39 is 0 Å². The topological polar surface area (TPSA) is 46.3 Å². The number of amides is 1. The average Bonchev–Trinajstić information content (AvgIpc) is 2.39. The van der Waals surface area contributed by atoms with Crippen molar-refractivity contribution >= 4 is 5.91 Å². The van der Waals surface area contributed by atoms with Crippen molar-refractivity contribution in [3.8, 4) is 0 Å². The Balaban J connectivity index is 2.03. The van der Waals surface area contributed by atoms with Crippen LogP contribution in [0, 0.1) is 0 Å². The van der Waals surface area contributed by atoms with Gasteiger partial charge in [-0.15, -0.1) is 0 Å². The summed E-state index contributed by atoms with van der Waals surface area (Å²) in [5.41, 5.74) is 5.95. The fourth-order valence-electron chi connectivity index (χ4n) is 2.97. The lowest BCUT2D eigenvalue weighted by Gasteiger charge is -2.37. The number of nitrogens with zero attached hydrogens (tertiary/aromatic N) is 1. The number of carbonyl (C=O) groups is 1. The molecular weight excluding hydrogens is 176 g/mol. The summed E-state index contributed by atoms with van der Waals surface area (Å²) in [6.45, 7) is 2.06. The zero-order chi connectivity index (χ0) is 10.1. The molecule has 0 radical (unpaired) electrons. The van der Waals surface area contributed by atoms with Crippen molar-refractivity contribution in [3.63, 3.8) is 0 Å². The molecule has 2 aliphatic heterocycles. The molecule has 14 heavy (non-hydrogen) atoms. The van der Waals surface area contributed by atoms with Gasteiger partial charge in [0.1, 0.15) is 0 Å². The first-order valence-corrected chi connectivity index (χ1v) is 5.79. The van der Waals surface area contributed by atoms with E-state index in [2.05, 4.69) is 11.8 Å². The van der Waals surface area contributed by atoms with E-state index >= 15 is 0 Å². The van der Waals surface area contributed by atoms with Crippen LogP contribution in [0.4, 0.5) is 0 Å². The third-order valence-corrected chi connectivity index (χ3v) is 3.52. The summed E-state index contributed by atoms with van der Waals surface area (Å²) < 4.78 is 0. The molecule has 2 N–H and O–H groups in total. The summed E-state index contributed by atoms with van der Waals surface area (Å²) in [7, 11) is 0. The van der Waals surface area contributed by atoms with Gasteiger partial charge in [0.15, 0.2) is 0 Å². The van der Waals surface area contributed by atoms with Crippen LogP contribution in [-0.2, 0) is 4.79 Å². The Labute approximate surface area is 85.6 Å². The van der Waals surface area contributed by atoms with Crippen molar-refractivity contribution < 1.29 is 4.79 Å². The van der Waals surface area contributed by atoms with E-state index in [-0.39, 0.29) is 0 Å². The first kappa shape index (κ1) is 9.97. The van der Waals surface area contributed by atoms with Gasteiger partial charge in [0, 0.05) is 24.5 Å². The Morgan fingerprint density at radius 2 is 1.93 bits per heavy atom. The Hall–Kier alpha value is -0.570. The average molecular weight is 196 g/mol.